The van der Waals surface area contributed by atoms with Gasteiger partial charge < -0.3 is 5.32 Å². The van der Waals surface area contributed by atoms with E-state index in [4.69, 9.17) is 0 Å². The van der Waals surface area contributed by atoms with Crippen LogP contribution in [0.15, 0.2) is 18.2 Å². The van der Waals surface area contributed by atoms with Crippen molar-refractivity contribution in [2.45, 2.75) is 25.4 Å². The summed E-state index contributed by atoms with van der Waals surface area (Å²) in [6, 6.07) is 3.29. The molecule has 0 radical (unpaired) electrons. The SMILES string of the molecule is CN1C(=O)CCC(NCc2cccc([N+](=O)[O-])c2F)C1=O. The molecule has 112 valence electrons. The van der Waals surface area contributed by atoms with E-state index in [9.17, 15) is 24.1 Å². The molecule has 1 saturated heterocycles. The first-order chi connectivity index (χ1) is 9.91. The number of nitrogens with zero attached hydrogens (tertiary/aromatic N) is 2. The van der Waals surface area contributed by atoms with Gasteiger partial charge in [-0.3, -0.25) is 24.6 Å². The monoisotopic (exact) mass is 295 g/mol. The molecule has 1 aliphatic heterocycles. The van der Waals surface area contributed by atoms with Gasteiger partial charge in [0.2, 0.25) is 17.6 Å². The number of carbonyl (C=O) groups is 2. The number of hydrogen-bond acceptors (Lipinski definition) is 5. The standard InChI is InChI=1S/C13H14FN3O4/c1-16-11(18)6-5-9(13(16)19)15-7-8-3-2-4-10(12(8)14)17(20)21/h2-4,9,15H,5-7H2,1H3. The van der Waals surface area contributed by atoms with Crippen LogP contribution in [0.25, 0.3) is 0 Å². The summed E-state index contributed by atoms with van der Waals surface area (Å²) in [6.07, 6.45) is 0.565. The van der Waals surface area contributed by atoms with Crippen molar-refractivity contribution in [3.63, 3.8) is 0 Å². The highest BCUT2D eigenvalue weighted by molar-refractivity contribution is 6.00. The van der Waals surface area contributed by atoms with Gasteiger partial charge in [0.05, 0.1) is 11.0 Å². The Hall–Kier alpha value is -2.35. The zero-order valence-corrected chi connectivity index (χ0v) is 11.3. The number of nitro groups is 1. The van der Waals surface area contributed by atoms with Crippen molar-refractivity contribution < 1.29 is 18.9 Å². The second kappa shape index (κ2) is 5.96. The van der Waals surface area contributed by atoms with E-state index in [-0.39, 0.29) is 30.3 Å². The number of piperidine rings is 1. The molecule has 21 heavy (non-hydrogen) atoms. The van der Waals surface area contributed by atoms with Gasteiger partial charge in [-0.15, -0.1) is 0 Å². The second-order valence-electron chi connectivity index (χ2n) is 4.77. The van der Waals surface area contributed by atoms with Crippen LogP contribution in [0, 0.1) is 15.9 Å². The van der Waals surface area contributed by atoms with Crippen molar-refractivity contribution in [3.8, 4) is 0 Å². The molecule has 0 aliphatic carbocycles. The molecule has 0 saturated carbocycles. The number of hydrogen-bond donors (Lipinski definition) is 1. The topological polar surface area (TPSA) is 92.6 Å². The normalized spacial score (nSPS) is 19.0. The van der Waals surface area contributed by atoms with Gasteiger partial charge in [-0.25, -0.2) is 0 Å². The van der Waals surface area contributed by atoms with Gasteiger partial charge in [0.25, 0.3) is 0 Å². The minimum absolute atomic E-state index is 0.0219. The first-order valence-electron chi connectivity index (χ1n) is 6.37. The van der Waals surface area contributed by atoms with Crippen LogP contribution in [0.4, 0.5) is 10.1 Å². The van der Waals surface area contributed by atoms with E-state index in [1.807, 2.05) is 0 Å². The van der Waals surface area contributed by atoms with E-state index in [0.717, 1.165) is 11.0 Å². The van der Waals surface area contributed by atoms with E-state index in [1.54, 1.807) is 0 Å². The molecule has 1 atom stereocenters. The maximum absolute atomic E-state index is 13.9. The number of rotatable bonds is 4. The summed E-state index contributed by atoms with van der Waals surface area (Å²) in [7, 11) is 1.40. The number of likely N-dealkylation sites (tertiary alicyclic amines) is 1. The average molecular weight is 295 g/mol. The summed E-state index contributed by atoms with van der Waals surface area (Å²) < 4.78 is 13.9. The van der Waals surface area contributed by atoms with Crippen molar-refractivity contribution in [2.75, 3.05) is 7.05 Å². The largest absolute Gasteiger partial charge is 0.305 e. The number of benzene rings is 1. The van der Waals surface area contributed by atoms with Gasteiger partial charge in [-0.05, 0) is 6.42 Å². The fourth-order valence-electron chi connectivity index (χ4n) is 2.18. The van der Waals surface area contributed by atoms with Crippen LogP contribution in [0.3, 0.4) is 0 Å². The quantitative estimate of drug-likeness (QED) is 0.507. The summed E-state index contributed by atoms with van der Waals surface area (Å²) in [5.74, 6) is -1.54. The average Bonchev–Trinajstić information content (AvgIpc) is 2.45. The summed E-state index contributed by atoms with van der Waals surface area (Å²) in [5, 5.41) is 13.5. The van der Waals surface area contributed by atoms with Crippen LogP contribution in [-0.2, 0) is 16.1 Å². The van der Waals surface area contributed by atoms with Gasteiger partial charge in [-0.1, -0.05) is 12.1 Å². The van der Waals surface area contributed by atoms with E-state index >= 15 is 0 Å². The minimum Gasteiger partial charge on any atom is -0.302 e. The molecule has 1 fully saturated rings. The van der Waals surface area contributed by atoms with Gasteiger partial charge in [0.15, 0.2) is 0 Å². The number of halogens is 1. The number of likely N-dealkylation sites (N-methyl/N-ethyl adjacent to an activating group) is 1. The van der Waals surface area contributed by atoms with Crippen molar-refractivity contribution in [1.29, 1.82) is 0 Å². The molecular weight excluding hydrogens is 281 g/mol. The molecular formula is C13H14FN3O4. The third-order valence-electron chi connectivity index (χ3n) is 3.44. The predicted molar refractivity (Wildman–Crippen MR) is 70.7 cm³/mol. The number of nitrogens with one attached hydrogen (secondary N) is 1. The molecule has 8 heteroatoms. The molecule has 1 heterocycles. The van der Waals surface area contributed by atoms with Crippen LogP contribution < -0.4 is 5.32 Å². The lowest BCUT2D eigenvalue weighted by molar-refractivity contribution is -0.387. The van der Waals surface area contributed by atoms with Crippen LogP contribution >= 0.6 is 0 Å². The molecule has 2 rings (SSSR count). The Morgan fingerprint density at radius 2 is 2.19 bits per heavy atom. The maximum atomic E-state index is 13.9. The number of nitro benzene ring substituents is 1. The van der Waals surface area contributed by atoms with Crippen molar-refractivity contribution in [2.24, 2.45) is 0 Å². The second-order valence-corrected chi connectivity index (χ2v) is 4.77. The van der Waals surface area contributed by atoms with Crippen LogP contribution in [-0.4, -0.2) is 34.7 Å². The molecule has 1 N–H and O–H groups in total. The minimum atomic E-state index is -0.914. The smallest absolute Gasteiger partial charge is 0.302 e. The fourth-order valence-corrected chi connectivity index (χ4v) is 2.18. The molecule has 1 aliphatic rings. The Bertz CT molecular complexity index is 605. The highest BCUT2D eigenvalue weighted by Gasteiger charge is 2.31. The Labute approximate surface area is 119 Å². The fraction of sp³-hybridized carbons (Fsp3) is 0.385. The lowest BCUT2D eigenvalue weighted by Gasteiger charge is -2.28. The molecule has 7 nitrogen and oxygen atoms in total. The van der Waals surface area contributed by atoms with E-state index < -0.39 is 22.5 Å². The third-order valence-corrected chi connectivity index (χ3v) is 3.44. The van der Waals surface area contributed by atoms with Crippen LogP contribution in [0.1, 0.15) is 18.4 Å². The number of imide groups is 1. The van der Waals surface area contributed by atoms with Gasteiger partial charge >= 0.3 is 5.69 Å². The lowest BCUT2D eigenvalue weighted by Crippen LogP contribution is -2.51. The zero-order valence-electron chi connectivity index (χ0n) is 11.3. The molecule has 1 aromatic carbocycles. The third kappa shape index (κ3) is 3.05. The Morgan fingerprint density at radius 3 is 2.86 bits per heavy atom. The first-order valence-corrected chi connectivity index (χ1v) is 6.37. The Balaban J connectivity index is 2.07. The van der Waals surface area contributed by atoms with Crippen molar-refractivity contribution in [1.82, 2.24) is 10.2 Å². The molecule has 0 spiro atoms. The van der Waals surface area contributed by atoms with E-state index in [2.05, 4.69) is 5.32 Å². The molecule has 0 aromatic heterocycles. The molecule has 1 aromatic rings. The van der Waals surface area contributed by atoms with Crippen molar-refractivity contribution in [3.05, 3.63) is 39.7 Å². The van der Waals surface area contributed by atoms with Gasteiger partial charge in [0, 0.05) is 31.6 Å². The summed E-state index contributed by atoms with van der Waals surface area (Å²) in [6.45, 7) is -0.0219. The zero-order chi connectivity index (χ0) is 15.6. The Morgan fingerprint density at radius 1 is 1.48 bits per heavy atom. The van der Waals surface area contributed by atoms with Gasteiger partial charge in [0.1, 0.15) is 0 Å². The van der Waals surface area contributed by atoms with E-state index in [1.165, 1.54) is 19.2 Å². The number of carbonyl (C=O) groups excluding carboxylic acids is 2. The van der Waals surface area contributed by atoms with Gasteiger partial charge in [-0.2, -0.15) is 4.39 Å². The van der Waals surface area contributed by atoms with E-state index in [0.29, 0.717) is 6.42 Å². The lowest BCUT2D eigenvalue weighted by atomic mass is 10.0. The van der Waals surface area contributed by atoms with Crippen LogP contribution in [0.2, 0.25) is 0 Å². The number of amides is 2. The molecule has 1 unspecified atom stereocenters. The Kier molecular flexibility index (Phi) is 4.27. The van der Waals surface area contributed by atoms with Crippen molar-refractivity contribution >= 4 is 17.5 Å². The molecule has 2 amide bonds. The van der Waals surface area contributed by atoms with Crippen LogP contribution in [0.5, 0.6) is 0 Å². The highest BCUT2D eigenvalue weighted by Crippen LogP contribution is 2.20. The molecule has 0 bridgehead atoms. The summed E-state index contributed by atoms with van der Waals surface area (Å²) in [5.41, 5.74) is -0.492. The summed E-state index contributed by atoms with van der Waals surface area (Å²) >= 11 is 0. The maximum Gasteiger partial charge on any atom is 0.305 e. The highest BCUT2D eigenvalue weighted by atomic mass is 19.1. The predicted octanol–water partition coefficient (Wildman–Crippen LogP) is 0.971. The first kappa shape index (κ1) is 15.0. The summed E-state index contributed by atoms with van der Waals surface area (Å²) in [4.78, 5) is 34.1.